The fourth-order valence-electron chi connectivity index (χ4n) is 4.69. The second-order valence-electron chi connectivity index (χ2n) is 10.2. The van der Waals surface area contributed by atoms with E-state index in [0.29, 0.717) is 18.1 Å². The van der Waals surface area contributed by atoms with Crippen LogP contribution in [0.25, 0.3) is 10.9 Å². The summed E-state index contributed by atoms with van der Waals surface area (Å²) in [5.74, 6) is 0.0970. The summed E-state index contributed by atoms with van der Waals surface area (Å²) in [6.45, 7) is 5.63. The fraction of sp³-hybridized carbons (Fsp3) is 0.462. The highest BCUT2D eigenvalue weighted by molar-refractivity contribution is 5.99. The van der Waals surface area contributed by atoms with E-state index in [1.165, 1.54) is 6.20 Å². The Morgan fingerprint density at radius 3 is 2.71 bits per heavy atom. The number of nitrogens with two attached hydrogens (primary N) is 1. The SMILES string of the molecule is Cn1ccc2c(Nc3nc(N[C@@H]4CCCC[C@@H]4CC(=O)OC(C)(C)C)cnc3C(N)=O)cccc21. The number of carbonyl (C=O) groups is 2. The largest absolute Gasteiger partial charge is 0.460 e. The molecule has 0 spiro atoms. The molecule has 0 bridgehead atoms. The number of rotatable bonds is 7. The van der Waals surface area contributed by atoms with Gasteiger partial charge in [-0.25, -0.2) is 9.97 Å². The maximum Gasteiger partial charge on any atom is 0.306 e. The maximum atomic E-state index is 12.5. The van der Waals surface area contributed by atoms with Crippen molar-refractivity contribution in [2.24, 2.45) is 18.7 Å². The van der Waals surface area contributed by atoms with Crippen molar-refractivity contribution >= 4 is 40.1 Å². The van der Waals surface area contributed by atoms with Crippen LogP contribution in [0.5, 0.6) is 0 Å². The summed E-state index contributed by atoms with van der Waals surface area (Å²) in [7, 11) is 1.98. The molecule has 1 fully saturated rings. The predicted molar refractivity (Wildman–Crippen MR) is 137 cm³/mol. The van der Waals surface area contributed by atoms with Gasteiger partial charge >= 0.3 is 5.97 Å². The van der Waals surface area contributed by atoms with Gasteiger partial charge in [-0.15, -0.1) is 0 Å². The molecule has 9 nitrogen and oxygen atoms in total. The lowest BCUT2D eigenvalue weighted by molar-refractivity contribution is -0.156. The van der Waals surface area contributed by atoms with E-state index in [9.17, 15) is 9.59 Å². The molecule has 9 heteroatoms. The number of benzene rings is 1. The van der Waals surface area contributed by atoms with E-state index in [-0.39, 0.29) is 23.6 Å². The first-order valence-corrected chi connectivity index (χ1v) is 12.1. The Morgan fingerprint density at radius 2 is 1.97 bits per heavy atom. The van der Waals surface area contributed by atoms with E-state index < -0.39 is 11.5 Å². The third-order valence-electron chi connectivity index (χ3n) is 6.28. The van der Waals surface area contributed by atoms with E-state index in [1.54, 1.807) is 0 Å². The van der Waals surface area contributed by atoms with E-state index >= 15 is 0 Å². The quantitative estimate of drug-likeness (QED) is 0.427. The highest BCUT2D eigenvalue weighted by Crippen LogP contribution is 2.31. The van der Waals surface area contributed by atoms with Gasteiger partial charge in [-0.1, -0.05) is 18.9 Å². The number of anilines is 3. The van der Waals surface area contributed by atoms with E-state index in [1.807, 2.05) is 62.8 Å². The zero-order valence-electron chi connectivity index (χ0n) is 20.8. The van der Waals surface area contributed by atoms with Crippen LogP contribution in [0.15, 0.2) is 36.7 Å². The Kier molecular flexibility index (Phi) is 6.95. The van der Waals surface area contributed by atoms with Crippen LogP contribution < -0.4 is 16.4 Å². The lowest BCUT2D eigenvalue weighted by atomic mass is 9.82. The number of aryl methyl sites for hydroxylation is 1. The molecular formula is C26H34N6O3. The number of hydrogen-bond donors (Lipinski definition) is 3. The number of aromatic nitrogens is 3. The number of nitrogens with zero attached hydrogens (tertiary/aromatic N) is 3. The number of amides is 1. The molecule has 4 rings (SSSR count). The van der Waals surface area contributed by atoms with Crippen molar-refractivity contribution in [3.63, 3.8) is 0 Å². The minimum atomic E-state index is -0.660. The molecule has 0 saturated heterocycles. The van der Waals surface area contributed by atoms with Gasteiger partial charge < -0.3 is 25.7 Å². The average molecular weight is 479 g/mol. The molecule has 1 aliphatic rings. The number of nitrogens with one attached hydrogen (secondary N) is 2. The molecule has 1 saturated carbocycles. The van der Waals surface area contributed by atoms with Crippen molar-refractivity contribution < 1.29 is 14.3 Å². The van der Waals surface area contributed by atoms with Crippen molar-refractivity contribution in [3.05, 3.63) is 42.4 Å². The summed E-state index contributed by atoms with van der Waals surface area (Å²) in [5.41, 5.74) is 7.00. The standard InChI is InChI=1S/C26H34N6O3/c1-26(2,3)35-22(33)14-16-8-5-6-9-18(16)29-21-15-28-23(24(27)34)25(31-21)30-19-10-7-11-20-17(19)12-13-32(20)4/h7,10-13,15-16,18H,5-6,8-9,14H2,1-4H3,(H2,27,34)(H2,29,30,31)/t16-,18-/m1/s1. The molecule has 186 valence electrons. The Bertz CT molecular complexity index is 1230. The predicted octanol–water partition coefficient (Wildman–Crippen LogP) is 4.51. The first kappa shape index (κ1) is 24.5. The van der Waals surface area contributed by atoms with Crippen LogP contribution in [0, 0.1) is 5.92 Å². The third-order valence-corrected chi connectivity index (χ3v) is 6.28. The van der Waals surface area contributed by atoms with Gasteiger partial charge in [-0.2, -0.15) is 0 Å². The van der Waals surface area contributed by atoms with Crippen molar-refractivity contribution in [1.29, 1.82) is 0 Å². The summed E-state index contributed by atoms with van der Waals surface area (Å²) in [6, 6.07) is 7.93. The van der Waals surface area contributed by atoms with Gasteiger partial charge in [0.15, 0.2) is 11.5 Å². The molecule has 35 heavy (non-hydrogen) atoms. The molecule has 3 aromatic rings. The number of primary amides is 1. The molecule has 1 aliphatic carbocycles. The van der Waals surface area contributed by atoms with Gasteiger partial charge in [-0.3, -0.25) is 9.59 Å². The second-order valence-corrected chi connectivity index (χ2v) is 10.2. The summed E-state index contributed by atoms with van der Waals surface area (Å²) >= 11 is 0. The van der Waals surface area contributed by atoms with Crippen molar-refractivity contribution in [2.75, 3.05) is 10.6 Å². The van der Waals surface area contributed by atoms with Gasteiger partial charge in [0, 0.05) is 35.9 Å². The number of hydrogen-bond acceptors (Lipinski definition) is 7. The third kappa shape index (κ3) is 5.90. The van der Waals surface area contributed by atoms with E-state index in [4.69, 9.17) is 10.5 Å². The molecule has 1 amide bonds. The highest BCUT2D eigenvalue weighted by atomic mass is 16.6. The van der Waals surface area contributed by atoms with E-state index in [2.05, 4.69) is 20.6 Å². The Labute approximate surface area is 205 Å². The van der Waals surface area contributed by atoms with Crippen LogP contribution in [0.3, 0.4) is 0 Å². The Hall–Kier alpha value is -3.62. The number of fused-ring (bicyclic) bond motifs is 1. The summed E-state index contributed by atoms with van der Waals surface area (Å²) in [5, 5.41) is 7.71. The molecular weight excluding hydrogens is 444 g/mol. The van der Waals surface area contributed by atoms with Crippen LogP contribution in [0.2, 0.25) is 0 Å². The first-order valence-electron chi connectivity index (χ1n) is 12.1. The zero-order valence-corrected chi connectivity index (χ0v) is 20.8. The smallest absolute Gasteiger partial charge is 0.306 e. The molecule has 4 N–H and O–H groups in total. The van der Waals surface area contributed by atoms with Crippen LogP contribution in [0.1, 0.15) is 63.4 Å². The topological polar surface area (TPSA) is 124 Å². The first-order chi connectivity index (χ1) is 16.6. The van der Waals surface area contributed by atoms with Gasteiger partial charge in [-0.05, 0) is 57.7 Å². The van der Waals surface area contributed by atoms with Crippen LogP contribution in [-0.4, -0.2) is 38.1 Å². The van der Waals surface area contributed by atoms with E-state index in [0.717, 1.165) is 42.3 Å². The number of ether oxygens (including phenoxy) is 1. The monoisotopic (exact) mass is 478 g/mol. The molecule has 2 heterocycles. The lowest BCUT2D eigenvalue weighted by Gasteiger charge is -2.32. The zero-order chi connectivity index (χ0) is 25.2. The number of carbonyl (C=O) groups excluding carboxylic acids is 2. The molecule has 1 aromatic carbocycles. The van der Waals surface area contributed by atoms with Crippen LogP contribution in [-0.2, 0) is 16.6 Å². The Balaban J connectivity index is 1.56. The summed E-state index contributed by atoms with van der Waals surface area (Å²) < 4.78 is 7.57. The van der Waals surface area contributed by atoms with Gasteiger partial charge in [0.1, 0.15) is 11.4 Å². The van der Waals surface area contributed by atoms with Crippen molar-refractivity contribution in [1.82, 2.24) is 14.5 Å². The molecule has 0 unspecified atom stereocenters. The van der Waals surface area contributed by atoms with Gasteiger partial charge in [0.2, 0.25) is 0 Å². The molecule has 0 aliphatic heterocycles. The van der Waals surface area contributed by atoms with Crippen molar-refractivity contribution in [3.8, 4) is 0 Å². The van der Waals surface area contributed by atoms with Gasteiger partial charge in [0.25, 0.3) is 5.91 Å². The highest BCUT2D eigenvalue weighted by Gasteiger charge is 2.30. The van der Waals surface area contributed by atoms with Crippen molar-refractivity contribution in [2.45, 2.75) is 64.5 Å². The summed E-state index contributed by atoms with van der Waals surface area (Å²) in [6.07, 6.45) is 7.84. The lowest BCUT2D eigenvalue weighted by Crippen LogP contribution is -2.35. The second kappa shape index (κ2) is 9.93. The van der Waals surface area contributed by atoms with Crippen LogP contribution in [0.4, 0.5) is 17.3 Å². The minimum absolute atomic E-state index is 0.0513. The molecule has 2 atom stereocenters. The molecule has 2 aromatic heterocycles. The Morgan fingerprint density at radius 1 is 1.20 bits per heavy atom. The normalized spacial score (nSPS) is 18.3. The number of esters is 1. The maximum absolute atomic E-state index is 12.5. The van der Waals surface area contributed by atoms with Crippen LogP contribution >= 0.6 is 0 Å². The van der Waals surface area contributed by atoms with Gasteiger partial charge in [0.05, 0.1) is 12.6 Å². The molecule has 0 radical (unpaired) electrons. The fourth-order valence-corrected chi connectivity index (χ4v) is 4.69. The summed E-state index contributed by atoms with van der Waals surface area (Å²) in [4.78, 5) is 33.5. The average Bonchev–Trinajstić information content (AvgIpc) is 3.16. The minimum Gasteiger partial charge on any atom is -0.460 e.